The highest BCUT2D eigenvalue weighted by atomic mass is 15.1. The van der Waals surface area contributed by atoms with E-state index in [1.54, 1.807) is 29.1 Å². The molecule has 0 saturated heterocycles. The van der Waals surface area contributed by atoms with Gasteiger partial charge in [0.05, 0.1) is 0 Å². The van der Waals surface area contributed by atoms with Crippen molar-refractivity contribution in [3.05, 3.63) is 42.0 Å². The van der Waals surface area contributed by atoms with Gasteiger partial charge in [0.25, 0.3) is 0 Å². The summed E-state index contributed by atoms with van der Waals surface area (Å²) in [5.74, 6) is 0.534. The monoisotopic (exact) mass is 184 g/mol. The van der Waals surface area contributed by atoms with Crippen LogP contribution in [0.25, 0.3) is 5.95 Å². The van der Waals surface area contributed by atoms with E-state index >= 15 is 0 Å². The van der Waals surface area contributed by atoms with Crippen molar-refractivity contribution in [3.8, 4) is 12.0 Å². The van der Waals surface area contributed by atoms with Crippen LogP contribution in [0.5, 0.6) is 0 Å². The quantitative estimate of drug-likeness (QED) is 0.674. The minimum atomic E-state index is 0.534. The molecule has 0 bridgehead atoms. The van der Waals surface area contributed by atoms with Crippen LogP contribution in [0.1, 0.15) is 11.4 Å². The second-order valence-electron chi connectivity index (χ2n) is 2.87. The molecule has 0 unspecified atom stereocenters. The second-order valence-corrected chi connectivity index (χ2v) is 2.87. The summed E-state index contributed by atoms with van der Waals surface area (Å²) in [6.45, 7) is 1.89. The molecule has 2 rings (SSSR count). The lowest BCUT2D eigenvalue weighted by Crippen LogP contribution is -2.02. The van der Waals surface area contributed by atoms with Crippen molar-refractivity contribution in [2.75, 3.05) is 0 Å². The maximum Gasteiger partial charge on any atom is 0.234 e. The smallest absolute Gasteiger partial charge is 0.234 e. The van der Waals surface area contributed by atoms with Crippen molar-refractivity contribution in [2.45, 2.75) is 6.92 Å². The van der Waals surface area contributed by atoms with Crippen molar-refractivity contribution in [2.24, 2.45) is 0 Å². The number of aryl methyl sites for hydroxylation is 1. The van der Waals surface area contributed by atoms with Crippen LogP contribution >= 0.6 is 0 Å². The number of hydrogen-bond donors (Lipinski definition) is 0. The summed E-state index contributed by atoms with van der Waals surface area (Å²) in [5.41, 5.74) is 1.42. The molecule has 2 aromatic rings. The molecule has 0 saturated carbocycles. The lowest BCUT2D eigenvalue weighted by atomic mass is 10.4. The van der Waals surface area contributed by atoms with E-state index in [1.807, 2.05) is 13.0 Å². The molecule has 2 aromatic heterocycles. The Morgan fingerprint density at radius 3 is 3.00 bits per heavy atom. The molecule has 14 heavy (non-hydrogen) atoms. The predicted octanol–water partition coefficient (Wildman–Crippen LogP) is 1.45. The van der Waals surface area contributed by atoms with E-state index in [-0.39, 0.29) is 0 Å². The highest BCUT2D eigenvalue weighted by molar-refractivity contribution is 5.30. The summed E-state index contributed by atoms with van der Waals surface area (Å²) in [6, 6.07) is 7.42. The average molecular weight is 184 g/mol. The van der Waals surface area contributed by atoms with Crippen molar-refractivity contribution in [1.29, 1.82) is 5.26 Å². The van der Waals surface area contributed by atoms with Gasteiger partial charge in [0.1, 0.15) is 11.8 Å². The van der Waals surface area contributed by atoms with Crippen LogP contribution < -0.4 is 0 Å². The van der Waals surface area contributed by atoms with Gasteiger partial charge in [0.15, 0.2) is 0 Å². The van der Waals surface area contributed by atoms with Gasteiger partial charge < -0.3 is 0 Å². The van der Waals surface area contributed by atoms with Crippen molar-refractivity contribution < 1.29 is 0 Å². The minimum absolute atomic E-state index is 0.534. The van der Waals surface area contributed by atoms with Gasteiger partial charge in [-0.2, -0.15) is 5.26 Å². The molecule has 4 heteroatoms. The van der Waals surface area contributed by atoms with Gasteiger partial charge in [0.2, 0.25) is 5.95 Å². The van der Waals surface area contributed by atoms with Crippen LogP contribution in [0.15, 0.2) is 30.6 Å². The fraction of sp³-hybridized carbons (Fsp3) is 0.100. The minimum Gasteiger partial charge on any atom is -0.276 e. The fourth-order valence-corrected chi connectivity index (χ4v) is 1.20. The molecule has 0 fully saturated rings. The average Bonchev–Trinajstić information content (AvgIpc) is 2.65. The van der Waals surface area contributed by atoms with Crippen LogP contribution in [-0.4, -0.2) is 14.5 Å². The molecule has 0 aliphatic heterocycles. The van der Waals surface area contributed by atoms with E-state index in [0.717, 1.165) is 5.69 Å². The van der Waals surface area contributed by atoms with E-state index in [4.69, 9.17) is 5.26 Å². The first-order valence-electron chi connectivity index (χ1n) is 4.19. The van der Waals surface area contributed by atoms with E-state index in [2.05, 4.69) is 16.0 Å². The SMILES string of the molecule is Cc1ccnc(-n2cccc2C#N)n1. The summed E-state index contributed by atoms with van der Waals surface area (Å²) in [7, 11) is 0. The Morgan fingerprint density at radius 1 is 1.43 bits per heavy atom. The lowest BCUT2D eigenvalue weighted by Gasteiger charge is -2.02. The highest BCUT2D eigenvalue weighted by Crippen LogP contribution is 2.06. The van der Waals surface area contributed by atoms with Gasteiger partial charge in [-0.1, -0.05) is 0 Å². The van der Waals surface area contributed by atoms with Crippen molar-refractivity contribution >= 4 is 0 Å². The zero-order chi connectivity index (χ0) is 9.97. The Labute approximate surface area is 81.5 Å². The predicted molar refractivity (Wildman–Crippen MR) is 50.8 cm³/mol. The zero-order valence-corrected chi connectivity index (χ0v) is 7.68. The normalized spacial score (nSPS) is 9.71. The number of nitrogens with zero attached hydrogens (tertiary/aromatic N) is 4. The first-order chi connectivity index (χ1) is 6.81. The van der Waals surface area contributed by atoms with Gasteiger partial charge in [-0.25, -0.2) is 9.97 Å². The first-order valence-corrected chi connectivity index (χ1v) is 4.19. The topological polar surface area (TPSA) is 54.5 Å². The Kier molecular flexibility index (Phi) is 1.99. The molecule has 2 heterocycles. The van der Waals surface area contributed by atoms with Gasteiger partial charge in [-0.05, 0) is 25.1 Å². The molecule has 0 amide bonds. The molecule has 4 nitrogen and oxygen atoms in total. The second kappa shape index (κ2) is 3.30. The largest absolute Gasteiger partial charge is 0.276 e. The fourth-order valence-electron chi connectivity index (χ4n) is 1.20. The maximum atomic E-state index is 8.81. The summed E-state index contributed by atoms with van der Waals surface area (Å²) >= 11 is 0. The Bertz CT molecular complexity index is 493. The van der Waals surface area contributed by atoms with E-state index < -0.39 is 0 Å². The van der Waals surface area contributed by atoms with Crippen LogP contribution in [-0.2, 0) is 0 Å². The van der Waals surface area contributed by atoms with Gasteiger partial charge in [-0.3, -0.25) is 4.57 Å². The molecule has 0 atom stereocenters. The Morgan fingerprint density at radius 2 is 2.29 bits per heavy atom. The Hall–Kier alpha value is -2.15. The van der Waals surface area contributed by atoms with E-state index in [9.17, 15) is 0 Å². The van der Waals surface area contributed by atoms with Crippen LogP contribution in [0.2, 0.25) is 0 Å². The Balaban J connectivity index is 2.56. The van der Waals surface area contributed by atoms with Crippen LogP contribution in [0, 0.1) is 18.3 Å². The molecular formula is C10H8N4. The maximum absolute atomic E-state index is 8.81. The third kappa shape index (κ3) is 1.36. The third-order valence-corrected chi connectivity index (χ3v) is 1.86. The summed E-state index contributed by atoms with van der Waals surface area (Å²) in [5, 5.41) is 8.81. The summed E-state index contributed by atoms with van der Waals surface area (Å²) in [4.78, 5) is 8.32. The molecular weight excluding hydrogens is 176 g/mol. The van der Waals surface area contributed by atoms with Crippen molar-refractivity contribution in [3.63, 3.8) is 0 Å². The molecule has 0 radical (unpaired) electrons. The molecule has 0 aromatic carbocycles. The number of hydrogen-bond acceptors (Lipinski definition) is 3. The molecule has 0 N–H and O–H groups in total. The molecule has 0 aliphatic carbocycles. The van der Waals surface area contributed by atoms with Gasteiger partial charge >= 0.3 is 0 Å². The number of aromatic nitrogens is 3. The third-order valence-electron chi connectivity index (χ3n) is 1.86. The summed E-state index contributed by atoms with van der Waals surface area (Å²) < 4.78 is 1.66. The number of nitriles is 1. The standard InChI is InChI=1S/C10H8N4/c1-8-4-5-12-10(13-8)14-6-2-3-9(14)7-11/h2-6H,1H3. The molecule has 68 valence electrons. The van der Waals surface area contributed by atoms with Gasteiger partial charge in [0, 0.05) is 18.1 Å². The van der Waals surface area contributed by atoms with E-state index in [0.29, 0.717) is 11.6 Å². The highest BCUT2D eigenvalue weighted by Gasteiger charge is 2.03. The number of rotatable bonds is 1. The zero-order valence-electron chi connectivity index (χ0n) is 7.68. The van der Waals surface area contributed by atoms with Gasteiger partial charge in [-0.15, -0.1) is 0 Å². The van der Waals surface area contributed by atoms with Crippen molar-refractivity contribution in [1.82, 2.24) is 14.5 Å². The first kappa shape index (κ1) is 8.45. The molecule has 0 aliphatic rings. The van der Waals surface area contributed by atoms with E-state index in [1.165, 1.54) is 0 Å². The van der Waals surface area contributed by atoms with Crippen LogP contribution in [0.4, 0.5) is 0 Å². The molecule has 0 spiro atoms. The lowest BCUT2D eigenvalue weighted by molar-refractivity contribution is 0.906. The summed E-state index contributed by atoms with van der Waals surface area (Å²) in [6.07, 6.45) is 3.45. The van der Waals surface area contributed by atoms with Crippen LogP contribution in [0.3, 0.4) is 0 Å².